The van der Waals surface area contributed by atoms with Crippen molar-refractivity contribution in [2.75, 3.05) is 0 Å². The first kappa shape index (κ1) is 13.5. The predicted octanol–water partition coefficient (Wildman–Crippen LogP) is -0.611. The third-order valence-electron chi connectivity index (χ3n) is 2.81. The van der Waals surface area contributed by atoms with Crippen LogP contribution in [0, 0.1) is 7.14 Å². The smallest absolute Gasteiger partial charge is 0.263 e. The van der Waals surface area contributed by atoms with Crippen LogP contribution in [0.5, 0.6) is 0 Å². The first-order chi connectivity index (χ1) is 9.65. The first-order valence-electron chi connectivity index (χ1n) is 5.87. The lowest BCUT2D eigenvalue weighted by Crippen LogP contribution is -3.63. The summed E-state index contributed by atoms with van der Waals surface area (Å²) in [5, 5.41) is 0.966. The Kier molecular flexibility index (Phi) is 3.67. The summed E-state index contributed by atoms with van der Waals surface area (Å²) < 4.78 is 1.39. The zero-order chi connectivity index (χ0) is 14.1. The highest BCUT2D eigenvalue weighted by Crippen LogP contribution is 2.13. The topological polar surface area (TPSA) is 49.9 Å². The Balaban J connectivity index is 2.21. The number of aromatic amines is 1. The minimum absolute atomic E-state index is 0.206. The molecule has 0 atom stereocenters. The fourth-order valence-electron chi connectivity index (χ4n) is 1.88. The summed E-state index contributed by atoms with van der Waals surface area (Å²) in [5.74, 6) is 0. The van der Waals surface area contributed by atoms with E-state index in [4.69, 9.17) is 11.6 Å². The summed E-state index contributed by atoms with van der Waals surface area (Å²) in [6.07, 6.45) is 0. The third kappa shape index (κ3) is 2.53. The molecule has 0 aliphatic heterocycles. The first-order valence-corrected chi connectivity index (χ1v) is 8.41. The number of hydrogen-bond donors (Lipinski definition) is 1. The number of halogens is 2. The molecule has 0 fully saturated rings. The molecule has 0 aliphatic carbocycles. The van der Waals surface area contributed by atoms with Crippen molar-refractivity contribution in [3.63, 3.8) is 0 Å². The molecule has 0 saturated heterocycles. The van der Waals surface area contributed by atoms with Crippen LogP contribution < -0.4 is 32.2 Å². The minimum Gasteiger partial charge on any atom is -0.350 e. The number of H-pyrrole nitrogens is 1. The van der Waals surface area contributed by atoms with E-state index in [0.29, 0.717) is 19.5 Å². The Morgan fingerprint density at radius 1 is 1.05 bits per heavy atom. The lowest BCUT2D eigenvalue weighted by atomic mass is 10.2. The number of hydrogen-bond acceptors (Lipinski definition) is 2. The van der Waals surface area contributed by atoms with Crippen LogP contribution >= 0.6 is 11.6 Å². The summed E-state index contributed by atoms with van der Waals surface area (Å²) >= 11 is 5.12. The number of aromatic nitrogens is 1. The Bertz CT molecular complexity index is 884. The highest BCUT2D eigenvalue weighted by Gasteiger charge is 2.15. The molecule has 1 heterocycles. The molecule has 3 nitrogen and oxygen atoms in total. The molecule has 5 heteroatoms. The fraction of sp³-hybridized carbons (Fsp3) is 0. The van der Waals surface area contributed by atoms with E-state index in [1.807, 2.05) is 30.3 Å². The van der Waals surface area contributed by atoms with Gasteiger partial charge in [-0.3, -0.25) is 4.79 Å². The van der Waals surface area contributed by atoms with Crippen LogP contribution in [0.1, 0.15) is 0 Å². The van der Waals surface area contributed by atoms with Gasteiger partial charge in [0, 0.05) is 5.02 Å². The van der Waals surface area contributed by atoms with Gasteiger partial charge in [0.05, 0.1) is 5.43 Å². The molecule has 1 N–H and O–H groups in total. The van der Waals surface area contributed by atoms with E-state index < -0.39 is 21.2 Å². The highest BCUT2D eigenvalue weighted by atomic mass is 127. The molecule has 3 rings (SSSR count). The van der Waals surface area contributed by atoms with E-state index >= 15 is 0 Å². The van der Waals surface area contributed by atoms with E-state index in [-0.39, 0.29) is 11.0 Å². The van der Waals surface area contributed by atoms with Crippen LogP contribution in [0.3, 0.4) is 0 Å². The van der Waals surface area contributed by atoms with Gasteiger partial charge in [0.1, 0.15) is 0 Å². The molecular formula is C15H9ClINO2. The van der Waals surface area contributed by atoms with Crippen molar-refractivity contribution in [1.29, 1.82) is 0 Å². The Hall–Kier alpha value is -1.53. The monoisotopic (exact) mass is 397 g/mol. The largest absolute Gasteiger partial charge is 0.350 e. The zero-order valence-electron chi connectivity index (χ0n) is 10.2. The van der Waals surface area contributed by atoms with E-state index in [1.54, 1.807) is 18.2 Å². The summed E-state index contributed by atoms with van der Waals surface area (Å²) in [6.45, 7) is 0. The Morgan fingerprint density at radius 3 is 2.55 bits per heavy atom. The van der Waals surface area contributed by atoms with Gasteiger partial charge in [-0.15, -0.1) is 6.07 Å². The van der Waals surface area contributed by atoms with Crippen molar-refractivity contribution in [1.82, 2.24) is 4.98 Å². The van der Waals surface area contributed by atoms with Crippen molar-refractivity contribution in [2.24, 2.45) is 0 Å². The predicted molar refractivity (Wildman–Crippen MR) is 75.3 cm³/mol. The maximum Gasteiger partial charge on any atom is 0.263 e. The Labute approximate surface area is 129 Å². The molecule has 20 heavy (non-hydrogen) atoms. The normalized spacial score (nSPS) is 10.8. The molecule has 0 spiro atoms. The number of benzene rings is 2. The molecule has 2 aromatic carbocycles. The Morgan fingerprint density at radius 2 is 1.80 bits per heavy atom. The van der Waals surface area contributed by atoms with Crippen LogP contribution in [-0.2, 0) is 0 Å². The van der Waals surface area contributed by atoms with E-state index in [1.165, 1.54) is 0 Å². The maximum absolute atomic E-state index is 12.5. The molecule has 0 amide bonds. The van der Waals surface area contributed by atoms with E-state index in [0.717, 1.165) is 3.57 Å². The van der Waals surface area contributed by atoms with Gasteiger partial charge >= 0.3 is 0 Å². The van der Waals surface area contributed by atoms with Crippen LogP contribution in [-0.4, -0.2) is 4.98 Å². The quantitative estimate of drug-likeness (QED) is 0.463. The van der Waals surface area contributed by atoms with E-state index in [9.17, 15) is 9.59 Å². The second-order valence-corrected chi connectivity index (χ2v) is 7.48. The lowest BCUT2D eigenvalue weighted by Gasteiger charge is -2.04. The van der Waals surface area contributed by atoms with Crippen molar-refractivity contribution in [3.8, 4) is 0 Å². The van der Waals surface area contributed by atoms with Crippen molar-refractivity contribution < 1.29 is 21.2 Å². The average molecular weight is 398 g/mol. The van der Waals surface area contributed by atoms with Crippen molar-refractivity contribution >= 4 is 22.5 Å². The lowest BCUT2D eigenvalue weighted by molar-refractivity contribution is -0.600. The number of rotatable bonds is 2. The third-order valence-corrected chi connectivity index (χ3v) is 5.91. The zero-order valence-corrected chi connectivity index (χ0v) is 13.1. The number of nitrogens with one attached hydrogen (secondary N) is 1. The molecule has 0 saturated carbocycles. The summed E-state index contributed by atoms with van der Waals surface area (Å²) in [6, 6.07) is 14.5. The second-order valence-electron chi connectivity index (χ2n) is 4.18. The molecule has 3 aromatic rings. The molecule has 0 bridgehead atoms. The maximum atomic E-state index is 12.5. The van der Waals surface area contributed by atoms with E-state index in [2.05, 4.69) is 4.98 Å². The molecule has 0 aliphatic rings. The summed E-state index contributed by atoms with van der Waals surface area (Å²) in [4.78, 5) is 27.3. The standard InChI is InChI=1S/C15H9ClINO2/c16-9-6-7-12-11(8-9)14(19)13(15(20)18-12)17-10-4-2-1-3-5-10/h1-8H,(H,18,20). The molecule has 0 unspecified atom stereocenters. The average Bonchev–Trinajstić information content (AvgIpc) is 2.46. The molecular weight excluding hydrogens is 389 g/mol. The van der Waals surface area contributed by atoms with Gasteiger partial charge in [0.15, 0.2) is 7.14 Å². The van der Waals surface area contributed by atoms with Gasteiger partial charge in [-0.1, -0.05) is 41.3 Å². The van der Waals surface area contributed by atoms with Gasteiger partial charge < -0.3 is 9.78 Å². The van der Waals surface area contributed by atoms with Gasteiger partial charge in [-0.25, -0.2) is 0 Å². The van der Waals surface area contributed by atoms with Crippen molar-refractivity contribution in [2.45, 2.75) is 0 Å². The van der Waals surface area contributed by atoms with Crippen molar-refractivity contribution in [3.05, 3.63) is 81.3 Å². The van der Waals surface area contributed by atoms with Crippen LogP contribution in [0.15, 0.2) is 58.1 Å². The van der Waals surface area contributed by atoms with Gasteiger partial charge in [-0.05, 0) is 23.7 Å². The summed E-state index contributed by atoms with van der Waals surface area (Å²) in [7, 11) is 0. The summed E-state index contributed by atoms with van der Waals surface area (Å²) in [5.41, 5.74) is 0.0367. The highest BCUT2D eigenvalue weighted by molar-refractivity contribution is 6.31. The molecule has 100 valence electrons. The van der Waals surface area contributed by atoms with Crippen LogP contribution in [0.4, 0.5) is 0 Å². The minimum atomic E-state index is -0.799. The molecule has 1 aromatic heterocycles. The van der Waals surface area contributed by atoms with Crippen LogP contribution in [0.2, 0.25) is 5.02 Å². The molecule has 0 radical (unpaired) electrons. The number of pyridine rings is 1. The SMILES string of the molecule is O=c1[nH]c2ccc(Cl)cc2c(=O)[c-]1[I+]c1ccccc1. The van der Waals surface area contributed by atoms with Gasteiger partial charge in [-0.2, -0.15) is 0 Å². The fourth-order valence-corrected chi connectivity index (χ4v) is 4.37. The van der Waals surface area contributed by atoms with Gasteiger partial charge in [0.2, 0.25) is 5.56 Å². The number of fused-ring (bicyclic) bond motifs is 1. The van der Waals surface area contributed by atoms with Crippen LogP contribution in [0.25, 0.3) is 10.9 Å². The second kappa shape index (κ2) is 5.46. The van der Waals surface area contributed by atoms with Gasteiger partial charge in [0.25, 0.3) is 21.2 Å².